The van der Waals surface area contributed by atoms with Crippen molar-refractivity contribution >= 4 is 21.8 Å². The van der Waals surface area contributed by atoms with Gasteiger partial charge >= 0.3 is 12.0 Å². The van der Waals surface area contributed by atoms with E-state index < -0.39 is 34.5 Å². The largest absolute Gasteiger partial charge is 0.479 e. The van der Waals surface area contributed by atoms with Crippen molar-refractivity contribution in [3.8, 4) is 0 Å². The van der Waals surface area contributed by atoms with E-state index in [0.29, 0.717) is 6.42 Å². The number of rotatable bonds is 5. The Labute approximate surface area is 104 Å². The third-order valence-corrected chi connectivity index (χ3v) is 4.46. The molecule has 0 radical (unpaired) electrons. The van der Waals surface area contributed by atoms with Crippen molar-refractivity contribution in [1.29, 1.82) is 0 Å². The van der Waals surface area contributed by atoms with Gasteiger partial charge in [0.2, 0.25) is 0 Å². The Morgan fingerprint density at radius 1 is 1.33 bits per heavy atom. The Morgan fingerprint density at radius 2 is 2.00 bits per heavy atom. The number of carbonyl (C=O) groups excluding carboxylic acids is 1. The van der Waals surface area contributed by atoms with E-state index in [2.05, 4.69) is 10.6 Å². The molecule has 9 heteroatoms. The van der Waals surface area contributed by atoms with E-state index in [-0.39, 0.29) is 24.0 Å². The quantitative estimate of drug-likeness (QED) is 0.468. The molecule has 2 amide bonds. The molecule has 0 aromatic carbocycles. The molecule has 1 fully saturated rings. The van der Waals surface area contributed by atoms with Gasteiger partial charge < -0.3 is 20.8 Å². The maximum atomic E-state index is 11.2. The SMILES string of the molecule is O=C(NCC1CCS(=O)(=O)C1)NC[C@H](O)C(=O)O. The van der Waals surface area contributed by atoms with E-state index in [1.54, 1.807) is 0 Å². The number of aliphatic carboxylic acids is 1. The Bertz CT molecular complexity index is 421. The first kappa shape index (κ1) is 14.7. The van der Waals surface area contributed by atoms with Gasteiger partial charge in [0, 0.05) is 6.54 Å². The summed E-state index contributed by atoms with van der Waals surface area (Å²) in [5.74, 6) is -1.33. The molecule has 4 N–H and O–H groups in total. The molecular formula is C9H16N2O6S. The zero-order valence-corrected chi connectivity index (χ0v) is 10.4. The number of carboxylic acids is 1. The Balaban J connectivity index is 2.20. The minimum Gasteiger partial charge on any atom is -0.479 e. The van der Waals surface area contributed by atoms with Gasteiger partial charge in [-0.05, 0) is 12.3 Å². The molecule has 104 valence electrons. The van der Waals surface area contributed by atoms with Crippen LogP contribution in [0.5, 0.6) is 0 Å². The third-order valence-electron chi connectivity index (χ3n) is 2.62. The topological polar surface area (TPSA) is 133 Å². The van der Waals surface area contributed by atoms with Gasteiger partial charge in [-0.25, -0.2) is 18.0 Å². The molecule has 1 unspecified atom stereocenters. The monoisotopic (exact) mass is 280 g/mol. The summed E-state index contributed by atoms with van der Waals surface area (Å²) in [4.78, 5) is 21.5. The number of hydrogen-bond acceptors (Lipinski definition) is 5. The van der Waals surface area contributed by atoms with E-state index in [0.717, 1.165) is 0 Å². The fourth-order valence-corrected chi connectivity index (χ4v) is 3.47. The summed E-state index contributed by atoms with van der Waals surface area (Å²) in [6.45, 7) is -0.182. The van der Waals surface area contributed by atoms with Gasteiger partial charge in [0.25, 0.3) is 0 Å². The normalized spacial score (nSPS) is 23.3. The molecule has 0 aliphatic carbocycles. The number of hydrogen-bond donors (Lipinski definition) is 4. The van der Waals surface area contributed by atoms with Crippen LogP contribution in [0.25, 0.3) is 0 Å². The second-order valence-corrected chi connectivity index (χ2v) is 6.44. The van der Waals surface area contributed by atoms with Crippen LogP contribution in [-0.4, -0.2) is 61.3 Å². The van der Waals surface area contributed by atoms with Crippen LogP contribution < -0.4 is 10.6 Å². The van der Waals surface area contributed by atoms with Crippen molar-refractivity contribution in [3.63, 3.8) is 0 Å². The van der Waals surface area contributed by atoms with Crippen molar-refractivity contribution in [2.24, 2.45) is 5.92 Å². The smallest absolute Gasteiger partial charge is 0.334 e. The Morgan fingerprint density at radius 3 is 2.50 bits per heavy atom. The zero-order chi connectivity index (χ0) is 13.8. The van der Waals surface area contributed by atoms with Crippen LogP contribution in [-0.2, 0) is 14.6 Å². The predicted octanol–water partition coefficient (Wildman–Crippen LogP) is -1.83. The van der Waals surface area contributed by atoms with Crippen molar-refractivity contribution < 1.29 is 28.2 Å². The first-order valence-electron chi connectivity index (χ1n) is 5.43. The van der Waals surface area contributed by atoms with Gasteiger partial charge in [-0.1, -0.05) is 0 Å². The van der Waals surface area contributed by atoms with Gasteiger partial charge in [0.15, 0.2) is 15.9 Å². The van der Waals surface area contributed by atoms with Crippen LogP contribution in [0.4, 0.5) is 4.79 Å². The number of aliphatic hydroxyl groups excluding tert-OH is 1. The van der Waals surface area contributed by atoms with E-state index in [4.69, 9.17) is 10.2 Å². The van der Waals surface area contributed by atoms with Crippen molar-refractivity contribution in [1.82, 2.24) is 10.6 Å². The van der Waals surface area contributed by atoms with Gasteiger partial charge in [-0.15, -0.1) is 0 Å². The van der Waals surface area contributed by atoms with Crippen molar-refractivity contribution in [2.45, 2.75) is 12.5 Å². The summed E-state index contributed by atoms with van der Waals surface area (Å²) in [6, 6.07) is -0.625. The first-order chi connectivity index (χ1) is 8.30. The molecule has 2 atom stereocenters. The lowest BCUT2D eigenvalue weighted by Gasteiger charge is -2.11. The van der Waals surface area contributed by atoms with E-state index in [1.165, 1.54) is 0 Å². The molecule has 1 heterocycles. The summed E-state index contributed by atoms with van der Waals surface area (Å²) >= 11 is 0. The molecular weight excluding hydrogens is 264 g/mol. The van der Waals surface area contributed by atoms with Crippen LogP contribution in [0.3, 0.4) is 0 Å². The van der Waals surface area contributed by atoms with Gasteiger partial charge in [-0.2, -0.15) is 0 Å². The average Bonchev–Trinajstić information content (AvgIpc) is 2.62. The van der Waals surface area contributed by atoms with Crippen molar-refractivity contribution in [3.05, 3.63) is 0 Å². The molecule has 0 aromatic heterocycles. The number of urea groups is 1. The lowest BCUT2D eigenvalue weighted by Crippen LogP contribution is -2.43. The summed E-state index contributed by atoms with van der Waals surface area (Å²) < 4.78 is 22.3. The number of amides is 2. The first-order valence-corrected chi connectivity index (χ1v) is 7.25. The summed E-state index contributed by atoms with van der Waals surface area (Å²) in [7, 11) is -2.97. The molecule has 1 saturated heterocycles. The lowest BCUT2D eigenvalue weighted by molar-refractivity contribution is -0.146. The van der Waals surface area contributed by atoms with Gasteiger partial charge in [0.1, 0.15) is 0 Å². The molecule has 1 aliphatic heterocycles. The molecule has 1 aliphatic rings. The third kappa shape index (κ3) is 4.88. The highest BCUT2D eigenvalue weighted by atomic mass is 32.2. The molecule has 8 nitrogen and oxygen atoms in total. The van der Waals surface area contributed by atoms with Crippen LogP contribution >= 0.6 is 0 Å². The lowest BCUT2D eigenvalue weighted by atomic mass is 10.1. The average molecular weight is 280 g/mol. The Kier molecular flexibility index (Phi) is 4.91. The molecule has 0 spiro atoms. The second kappa shape index (κ2) is 6.01. The van der Waals surface area contributed by atoms with Crippen LogP contribution in [0.2, 0.25) is 0 Å². The van der Waals surface area contributed by atoms with Crippen LogP contribution in [0.1, 0.15) is 6.42 Å². The zero-order valence-electron chi connectivity index (χ0n) is 9.63. The van der Waals surface area contributed by atoms with Crippen LogP contribution in [0, 0.1) is 5.92 Å². The molecule has 0 saturated carbocycles. The number of nitrogens with one attached hydrogen (secondary N) is 2. The number of sulfone groups is 1. The van der Waals surface area contributed by atoms with E-state index in [1.807, 2.05) is 0 Å². The molecule has 1 rings (SSSR count). The fourth-order valence-electron chi connectivity index (χ4n) is 1.61. The number of carbonyl (C=O) groups is 2. The number of carboxylic acid groups (broad SMARTS) is 1. The summed E-state index contributed by atoms with van der Waals surface area (Å²) in [5, 5.41) is 21.9. The summed E-state index contributed by atoms with van der Waals surface area (Å²) in [5.41, 5.74) is 0. The number of aliphatic hydroxyl groups is 1. The molecule has 18 heavy (non-hydrogen) atoms. The minimum atomic E-state index is -2.97. The van der Waals surface area contributed by atoms with E-state index in [9.17, 15) is 18.0 Å². The molecule has 0 aromatic rings. The Hall–Kier alpha value is -1.35. The fraction of sp³-hybridized carbons (Fsp3) is 0.778. The highest BCUT2D eigenvalue weighted by Gasteiger charge is 2.27. The predicted molar refractivity (Wildman–Crippen MR) is 61.8 cm³/mol. The van der Waals surface area contributed by atoms with Gasteiger partial charge in [-0.3, -0.25) is 0 Å². The van der Waals surface area contributed by atoms with Gasteiger partial charge in [0.05, 0.1) is 18.1 Å². The minimum absolute atomic E-state index is 0.0605. The van der Waals surface area contributed by atoms with Crippen LogP contribution in [0.15, 0.2) is 0 Å². The highest BCUT2D eigenvalue weighted by molar-refractivity contribution is 7.91. The molecule has 0 bridgehead atoms. The van der Waals surface area contributed by atoms with Crippen molar-refractivity contribution in [2.75, 3.05) is 24.6 Å². The highest BCUT2D eigenvalue weighted by Crippen LogP contribution is 2.17. The second-order valence-electron chi connectivity index (χ2n) is 4.21. The maximum Gasteiger partial charge on any atom is 0.334 e. The standard InChI is InChI=1S/C9H16N2O6S/c12-7(8(13)14)4-11-9(15)10-3-6-1-2-18(16,17)5-6/h6-7,12H,1-5H2,(H,13,14)(H2,10,11,15)/t6?,7-/m0/s1. The van der Waals surface area contributed by atoms with E-state index >= 15 is 0 Å². The maximum absolute atomic E-state index is 11.2. The summed E-state index contributed by atoms with van der Waals surface area (Å²) in [6.07, 6.45) is -1.14.